The lowest BCUT2D eigenvalue weighted by molar-refractivity contribution is 0.0973. The zero-order chi connectivity index (χ0) is 20.6. The van der Waals surface area contributed by atoms with E-state index in [-0.39, 0.29) is 24.4 Å². The molecule has 3 aromatic rings. The van der Waals surface area contributed by atoms with Crippen LogP contribution in [0.5, 0.6) is 0 Å². The summed E-state index contributed by atoms with van der Waals surface area (Å²) in [5.74, 6) is -0.0513. The Hall–Kier alpha value is -1.96. The number of halogens is 1. The maximum atomic E-state index is 13.5. The van der Waals surface area contributed by atoms with Crippen LogP contribution in [0.1, 0.15) is 47.2 Å². The molecule has 1 amide bonds. The lowest BCUT2D eigenvalue weighted by Gasteiger charge is -2.22. The van der Waals surface area contributed by atoms with Crippen molar-refractivity contribution >= 4 is 45.0 Å². The fraction of sp³-hybridized carbons (Fsp3) is 0.476. The van der Waals surface area contributed by atoms with Gasteiger partial charge in [-0.2, -0.15) is 5.10 Å². The molecule has 0 N–H and O–H groups in total. The fourth-order valence-corrected chi connectivity index (χ4v) is 4.17. The highest BCUT2D eigenvalue weighted by Crippen LogP contribution is 2.32. The molecule has 0 atom stereocenters. The maximum Gasteiger partial charge on any atom is 0.278 e. The molecule has 0 saturated heterocycles. The Balaban J connectivity index is 0.00000300. The standard InChI is InChI=1S/C21H29N5OS.ClH/c1-13(2)26-17(12-15(4)23-26)20(27)25(11-10-24(6)7)21-22-19-16(5)14(3)8-9-18(19)28-21;/h8-9,12-13H,10-11H2,1-7H3;1H. The van der Waals surface area contributed by atoms with E-state index in [0.717, 1.165) is 27.6 Å². The third-order valence-electron chi connectivity index (χ3n) is 4.89. The summed E-state index contributed by atoms with van der Waals surface area (Å²) in [5, 5.41) is 5.25. The Morgan fingerprint density at radius 3 is 2.48 bits per heavy atom. The average Bonchev–Trinajstić information content (AvgIpc) is 3.22. The second-order valence-electron chi connectivity index (χ2n) is 7.82. The lowest BCUT2D eigenvalue weighted by atomic mass is 10.1. The zero-order valence-corrected chi connectivity index (χ0v) is 19.8. The number of carbonyl (C=O) groups excluding carboxylic acids is 1. The van der Waals surface area contributed by atoms with Gasteiger partial charge in [0.2, 0.25) is 0 Å². The molecule has 0 unspecified atom stereocenters. The highest BCUT2D eigenvalue weighted by Gasteiger charge is 2.26. The quantitative estimate of drug-likeness (QED) is 0.566. The molecule has 0 aliphatic heterocycles. The number of amides is 1. The first-order chi connectivity index (χ1) is 13.2. The van der Waals surface area contributed by atoms with Gasteiger partial charge in [-0.3, -0.25) is 14.4 Å². The van der Waals surface area contributed by atoms with Gasteiger partial charge < -0.3 is 4.90 Å². The van der Waals surface area contributed by atoms with Crippen molar-refractivity contribution in [3.8, 4) is 0 Å². The van der Waals surface area contributed by atoms with Crippen LogP contribution in [0.25, 0.3) is 10.2 Å². The highest BCUT2D eigenvalue weighted by molar-refractivity contribution is 7.22. The molecule has 2 heterocycles. The monoisotopic (exact) mass is 435 g/mol. The largest absolute Gasteiger partial charge is 0.308 e. The van der Waals surface area contributed by atoms with Crippen molar-refractivity contribution in [1.82, 2.24) is 19.7 Å². The SMILES string of the molecule is Cc1cc(C(=O)N(CCN(C)C)c2nc3c(C)c(C)ccc3s2)n(C(C)C)n1.Cl. The van der Waals surface area contributed by atoms with Crippen molar-refractivity contribution in [3.63, 3.8) is 0 Å². The molecule has 158 valence electrons. The van der Waals surface area contributed by atoms with Gasteiger partial charge in [-0.15, -0.1) is 12.4 Å². The Morgan fingerprint density at radius 1 is 1.17 bits per heavy atom. The number of rotatable bonds is 6. The zero-order valence-electron chi connectivity index (χ0n) is 18.2. The molecule has 6 nitrogen and oxygen atoms in total. The summed E-state index contributed by atoms with van der Waals surface area (Å²) in [6.07, 6.45) is 0. The second-order valence-corrected chi connectivity index (χ2v) is 8.83. The van der Waals surface area contributed by atoms with Crippen molar-refractivity contribution in [2.24, 2.45) is 0 Å². The molecule has 8 heteroatoms. The number of benzene rings is 1. The van der Waals surface area contributed by atoms with Gasteiger partial charge in [0.05, 0.1) is 15.9 Å². The van der Waals surface area contributed by atoms with Crippen LogP contribution < -0.4 is 4.90 Å². The van der Waals surface area contributed by atoms with Crippen LogP contribution in [0.3, 0.4) is 0 Å². The summed E-state index contributed by atoms with van der Waals surface area (Å²) < 4.78 is 2.91. The lowest BCUT2D eigenvalue weighted by Crippen LogP contribution is -2.38. The van der Waals surface area contributed by atoms with Crippen LogP contribution in [-0.2, 0) is 0 Å². The first-order valence-corrected chi connectivity index (χ1v) is 10.4. The van der Waals surface area contributed by atoms with Gasteiger partial charge in [0.15, 0.2) is 5.13 Å². The third-order valence-corrected chi connectivity index (χ3v) is 5.93. The predicted molar refractivity (Wildman–Crippen MR) is 124 cm³/mol. The van der Waals surface area contributed by atoms with Gasteiger partial charge in [0, 0.05) is 19.1 Å². The molecule has 1 aromatic carbocycles. The van der Waals surface area contributed by atoms with E-state index in [0.29, 0.717) is 12.2 Å². The van der Waals surface area contributed by atoms with E-state index in [1.165, 1.54) is 11.1 Å². The molecule has 0 saturated carbocycles. The van der Waals surface area contributed by atoms with E-state index in [9.17, 15) is 4.79 Å². The molecule has 0 bridgehead atoms. The maximum absolute atomic E-state index is 13.5. The molecule has 0 spiro atoms. The third kappa shape index (κ3) is 4.79. The number of anilines is 1. The summed E-state index contributed by atoms with van der Waals surface area (Å²) in [4.78, 5) is 22.3. The van der Waals surface area contributed by atoms with Gasteiger partial charge in [0.1, 0.15) is 5.69 Å². The van der Waals surface area contributed by atoms with Crippen molar-refractivity contribution in [2.45, 2.75) is 40.7 Å². The van der Waals surface area contributed by atoms with Crippen LogP contribution in [-0.4, -0.2) is 52.8 Å². The minimum absolute atomic E-state index is 0. The van der Waals surface area contributed by atoms with E-state index in [4.69, 9.17) is 4.98 Å². The predicted octanol–water partition coefficient (Wildman–Crippen LogP) is 4.63. The second kappa shape index (κ2) is 9.24. The normalized spacial score (nSPS) is 11.3. The molecular formula is C21H30ClN5OS. The number of thiazole rings is 1. The molecule has 0 fully saturated rings. The fourth-order valence-electron chi connectivity index (χ4n) is 3.12. The van der Waals surface area contributed by atoms with Gasteiger partial charge in [-0.05, 0) is 72.0 Å². The van der Waals surface area contributed by atoms with Gasteiger partial charge in [-0.25, -0.2) is 4.98 Å². The average molecular weight is 436 g/mol. The topological polar surface area (TPSA) is 54.3 Å². The molecule has 29 heavy (non-hydrogen) atoms. The minimum atomic E-state index is -0.0513. The number of nitrogens with zero attached hydrogens (tertiary/aromatic N) is 5. The number of aryl methyl sites for hydroxylation is 3. The van der Waals surface area contributed by atoms with Crippen LogP contribution in [0.4, 0.5) is 5.13 Å². The highest BCUT2D eigenvalue weighted by atomic mass is 35.5. The number of aromatic nitrogens is 3. The molecule has 3 rings (SSSR count). The first-order valence-electron chi connectivity index (χ1n) is 9.58. The van der Waals surface area contributed by atoms with Gasteiger partial charge >= 0.3 is 0 Å². The Morgan fingerprint density at radius 2 is 1.86 bits per heavy atom. The summed E-state index contributed by atoms with van der Waals surface area (Å²) in [6.45, 7) is 11.5. The van der Waals surface area contributed by atoms with Crippen molar-refractivity contribution in [1.29, 1.82) is 0 Å². The first kappa shape index (κ1) is 23.3. The Labute approximate surface area is 182 Å². The van der Waals surface area contributed by atoms with Crippen LogP contribution in [0.2, 0.25) is 0 Å². The summed E-state index contributed by atoms with van der Waals surface area (Å²) in [5.41, 5.74) is 4.82. The number of hydrogen-bond donors (Lipinski definition) is 0. The molecular weight excluding hydrogens is 406 g/mol. The van der Waals surface area contributed by atoms with E-state index < -0.39 is 0 Å². The van der Waals surface area contributed by atoms with E-state index in [1.54, 1.807) is 16.2 Å². The van der Waals surface area contributed by atoms with Crippen LogP contribution in [0.15, 0.2) is 18.2 Å². The van der Waals surface area contributed by atoms with Crippen molar-refractivity contribution in [3.05, 3.63) is 40.7 Å². The number of likely N-dealkylation sites (N-methyl/N-ethyl adjacent to an activating group) is 1. The van der Waals surface area contributed by atoms with E-state index in [1.807, 2.05) is 45.6 Å². The number of hydrogen-bond acceptors (Lipinski definition) is 5. The molecule has 0 aliphatic rings. The Bertz CT molecular complexity index is 1010. The Kier molecular flexibility index (Phi) is 7.43. The number of carbonyl (C=O) groups is 1. The van der Waals surface area contributed by atoms with Gasteiger partial charge in [0.25, 0.3) is 5.91 Å². The summed E-state index contributed by atoms with van der Waals surface area (Å²) in [6, 6.07) is 6.19. The van der Waals surface area contributed by atoms with Crippen LogP contribution >= 0.6 is 23.7 Å². The number of fused-ring (bicyclic) bond motifs is 1. The van der Waals surface area contributed by atoms with Crippen molar-refractivity contribution < 1.29 is 4.79 Å². The smallest absolute Gasteiger partial charge is 0.278 e. The van der Waals surface area contributed by atoms with Crippen LogP contribution in [0, 0.1) is 20.8 Å². The van der Waals surface area contributed by atoms with E-state index >= 15 is 0 Å². The van der Waals surface area contributed by atoms with Crippen molar-refractivity contribution in [2.75, 3.05) is 32.1 Å². The van der Waals surface area contributed by atoms with E-state index in [2.05, 4.69) is 36.0 Å². The molecule has 0 radical (unpaired) electrons. The molecule has 2 aromatic heterocycles. The summed E-state index contributed by atoms with van der Waals surface area (Å²) in [7, 11) is 4.02. The molecule has 0 aliphatic carbocycles. The minimum Gasteiger partial charge on any atom is -0.308 e. The van der Waals surface area contributed by atoms with Gasteiger partial charge in [-0.1, -0.05) is 17.4 Å². The summed E-state index contributed by atoms with van der Waals surface area (Å²) >= 11 is 1.57.